The van der Waals surface area contributed by atoms with E-state index in [2.05, 4.69) is 32.2 Å². The van der Waals surface area contributed by atoms with Gasteiger partial charge >= 0.3 is 5.91 Å². The molecule has 1 saturated carbocycles. The molecule has 7 rings (SSSR count). The van der Waals surface area contributed by atoms with E-state index in [1.165, 1.54) is 5.56 Å². The van der Waals surface area contributed by atoms with Crippen molar-refractivity contribution < 1.29 is 28.0 Å². The van der Waals surface area contributed by atoms with Gasteiger partial charge < -0.3 is 23.7 Å². The number of methoxy groups -OCH3 is 1. The summed E-state index contributed by atoms with van der Waals surface area (Å²) in [4.78, 5) is 34.6. The molecule has 3 aliphatic heterocycles. The summed E-state index contributed by atoms with van der Waals surface area (Å²) >= 11 is 6.46. The first-order chi connectivity index (χ1) is 24.7. The second kappa shape index (κ2) is 15.5. The van der Waals surface area contributed by atoms with E-state index in [1.54, 1.807) is 31.5 Å². The first-order valence-corrected chi connectivity index (χ1v) is 20.0. The Morgan fingerprint density at radius 1 is 1.12 bits per heavy atom. The second-order valence-corrected chi connectivity index (χ2v) is 16.6. The number of nitrogens with one attached hydrogen (secondary N) is 1. The third-order valence-electron chi connectivity index (χ3n) is 10.4. The summed E-state index contributed by atoms with van der Waals surface area (Å²) in [6.07, 6.45) is 11.1. The maximum Gasteiger partial charge on any atom is 0.305 e. The molecule has 0 spiro atoms. The SMILES string of the molecule is CO[C@H]1/C=C/C[C@H](C)CS(=O)(NC(=O)c2cc3n(c2)CCOC3)=NC(=O)c2ccc3c(n2)N(Cc2ccc(Cl)cc2CCCCO3)C[C@@H]2CC[C@H]21. The van der Waals surface area contributed by atoms with E-state index >= 15 is 0 Å². The van der Waals surface area contributed by atoms with E-state index in [9.17, 15) is 13.8 Å². The number of ether oxygens (including phenoxy) is 3. The van der Waals surface area contributed by atoms with Crippen molar-refractivity contribution in [3.63, 3.8) is 0 Å². The molecule has 0 radical (unpaired) electrons. The minimum atomic E-state index is -3.58. The van der Waals surface area contributed by atoms with Gasteiger partial charge in [-0.25, -0.2) is 9.19 Å². The average Bonchev–Trinajstić information content (AvgIpc) is 3.53. The van der Waals surface area contributed by atoms with E-state index in [0.717, 1.165) is 43.4 Å². The summed E-state index contributed by atoms with van der Waals surface area (Å²) in [5.74, 6) is 0.230. The number of pyridine rings is 1. The number of aromatic nitrogens is 2. The van der Waals surface area contributed by atoms with Gasteiger partial charge in [0.25, 0.3) is 5.91 Å². The molecule has 5 atom stereocenters. The van der Waals surface area contributed by atoms with E-state index in [4.69, 9.17) is 30.8 Å². The largest absolute Gasteiger partial charge is 0.490 e. The minimum absolute atomic E-state index is 0.0191. The predicted molar refractivity (Wildman–Crippen MR) is 196 cm³/mol. The predicted octanol–water partition coefficient (Wildman–Crippen LogP) is 6.38. The summed E-state index contributed by atoms with van der Waals surface area (Å²) in [6.45, 7) is 5.22. The number of amides is 2. The molecule has 11 nitrogen and oxygen atoms in total. The molecular formula is C38H46ClN5O6S. The lowest BCUT2D eigenvalue weighted by molar-refractivity contribution is 0.0133. The zero-order valence-electron chi connectivity index (χ0n) is 29.2. The van der Waals surface area contributed by atoms with Crippen molar-refractivity contribution >= 4 is 39.1 Å². The zero-order chi connectivity index (χ0) is 35.5. The summed E-state index contributed by atoms with van der Waals surface area (Å²) in [7, 11) is -1.83. The molecule has 3 aromatic rings. The van der Waals surface area contributed by atoms with Crippen molar-refractivity contribution in [3.05, 3.63) is 87.8 Å². The number of allylic oxidation sites excluding steroid dienone is 1. The van der Waals surface area contributed by atoms with E-state index in [-0.39, 0.29) is 23.5 Å². The van der Waals surface area contributed by atoms with Gasteiger partial charge in [-0.15, -0.1) is 4.36 Å². The highest BCUT2D eigenvalue weighted by atomic mass is 35.5. The first-order valence-electron chi connectivity index (χ1n) is 17.9. The molecule has 2 amide bonds. The van der Waals surface area contributed by atoms with Crippen LogP contribution in [0.15, 0.2) is 59.1 Å². The number of carbonyl (C=O) groups excluding carboxylic acids is 2. The Balaban J connectivity index is 1.30. The molecule has 5 heterocycles. The van der Waals surface area contributed by atoms with Crippen LogP contribution in [-0.2, 0) is 45.5 Å². The van der Waals surface area contributed by atoms with Crippen LogP contribution in [0.2, 0.25) is 5.02 Å². The van der Waals surface area contributed by atoms with Gasteiger partial charge in [-0.05, 0) is 97.7 Å². The van der Waals surface area contributed by atoms with Gasteiger partial charge in [0.05, 0.1) is 37.2 Å². The fourth-order valence-corrected chi connectivity index (χ4v) is 9.65. The number of aryl methyl sites for hydroxylation is 1. The molecule has 51 heavy (non-hydrogen) atoms. The lowest BCUT2D eigenvalue weighted by Gasteiger charge is -2.43. The number of anilines is 1. The van der Waals surface area contributed by atoms with Crippen LogP contribution in [0.5, 0.6) is 5.75 Å². The van der Waals surface area contributed by atoms with Crippen molar-refractivity contribution in [1.29, 1.82) is 0 Å². The quantitative estimate of drug-likeness (QED) is 0.308. The molecule has 1 N–H and O–H groups in total. The first kappa shape index (κ1) is 35.7. The molecule has 0 saturated heterocycles. The van der Waals surface area contributed by atoms with E-state index in [0.29, 0.717) is 79.9 Å². The molecule has 13 heteroatoms. The number of benzene rings is 1. The molecule has 1 fully saturated rings. The van der Waals surface area contributed by atoms with Gasteiger partial charge in [-0.3, -0.25) is 14.3 Å². The highest BCUT2D eigenvalue weighted by Crippen LogP contribution is 2.41. The smallest absolute Gasteiger partial charge is 0.305 e. The van der Waals surface area contributed by atoms with Gasteiger partial charge in [-0.1, -0.05) is 36.7 Å². The van der Waals surface area contributed by atoms with Gasteiger partial charge in [0.1, 0.15) is 15.6 Å². The van der Waals surface area contributed by atoms with Gasteiger partial charge in [0, 0.05) is 43.7 Å². The Bertz CT molecular complexity index is 1910. The number of hydrogen-bond acceptors (Lipinski definition) is 8. The molecule has 2 aromatic heterocycles. The fourth-order valence-electron chi connectivity index (χ4n) is 7.57. The van der Waals surface area contributed by atoms with Gasteiger partial charge in [0.15, 0.2) is 11.6 Å². The number of halogens is 1. The van der Waals surface area contributed by atoms with Crippen LogP contribution in [0.25, 0.3) is 0 Å². The van der Waals surface area contributed by atoms with E-state index < -0.39 is 21.7 Å². The summed E-state index contributed by atoms with van der Waals surface area (Å²) in [6, 6.07) is 11.1. The highest BCUT2D eigenvalue weighted by molar-refractivity contribution is 7.92. The Morgan fingerprint density at radius 3 is 2.80 bits per heavy atom. The van der Waals surface area contributed by atoms with Crippen LogP contribution in [0.4, 0.5) is 5.82 Å². The van der Waals surface area contributed by atoms with Gasteiger partial charge in [-0.2, -0.15) is 0 Å². The number of nitrogens with zero attached hydrogens (tertiary/aromatic N) is 4. The maximum atomic E-state index is 14.6. The topological polar surface area (TPSA) is 124 Å². The standard InChI is InChI=1S/C38H46ClN5O6S/c1-25-6-5-8-34(48-2)32-12-10-28(32)21-44-20-27-9-11-30(39)18-26(27)7-3-4-16-50-35-14-13-33(40-36(35)44)38(46)42-51(47,24-25)41-37(45)29-19-31-23-49-17-15-43(31)22-29/h5,8-9,11,13-14,18-19,22,25,28,32,34H,3-4,6-7,10,12,15-17,20-21,23-24H2,1-2H3,(H,41,42,45,46,47)/b8-5+/t25-,28-,32+,34-,51?/m0/s1. The lowest BCUT2D eigenvalue weighted by Crippen LogP contribution is -2.43. The normalized spacial score (nSPS) is 27.6. The van der Waals surface area contributed by atoms with E-state index in [1.807, 2.05) is 23.6 Å². The Hall–Kier alpha value is -3.71. The van der Waals surface area contributed by atoms with Crippen molar-refractivity contribution in [2.75, 3.05) is 37.5 Å². The Labute approximate surface area is 305 Å². The van der Waals surface area contributed by atoms with Gasteiger partial charge in [0.2, 0.25) is 0 Å². The van der Waals surface area contributed by atoms with Crippen LogP contribution in [0.3, 0.4) is 0 Å². The van der Waals surface area contributed by atoms with Crippen LogP contribution < -0.4 is 14.4 Å². The van der Waals surface area contributed by atoms with Crippen molar-refractivity contribution in [2.24, 2.45) is 22.1 Å². The summed E-state index contributed by atoms with van der Waals surface area (Å²) in [5.41, 5.74) is 3.56. The minimum Gasteiger partial charge on any atom is -0.490 e. The summed E-state index contributed by atoms with van der Waals surface area (Å²) in [5, 5.41) is 0.699. The zero-order valence-corrected chi connectivity index (χ0v) is 30.8. The maximum absolute atomic E-state index is 14.6. The van der Waals surface area contributed by atoms with Crippen LogP contribution >= 0.6 is 11.6 Å². The number of fused-ring (bicyclic) bond motifs is 4. The number of hydrogen-bond donors (Lipinski definition) is 1. The molecule has 2 bridgehead atoms. The molecule has 4 aliphatic rings. The van der Waals surface area contributed by atoms with Crippen molar-refractivity contribution in [2.45, 2.75) is 71.2 Å². The molecular weight excluding hydrogens is 690 g/mol. The Morgan fingerprint density at radius 2 is 2.00 bits per heavy atom. The Kier molecular flexibility index (Phi) is 10.8. The highest BCUT2D eigenvalue weighted by Gasteiger charge is 2.38. The van der Waals surface area contributed by atoms with Crippen LogP contribution in [0, 0.1) is 17.8 Å². The van der Waals surface area contributed by atoms with Crippen molar-refractivity contribution in [3.8, 4) is 5.75 Å². The van der Waals surface area contributed by atoms with Crippen LogP contribution in [0.1, 0.15) is 76.7 Å². The molecule has 1 aliphatic carbocycles. The second-order valence-electron chi connectivity index (χ2n) is 14.2. The molecule has 1 unspecified atom stereocenters. The fraction of sp³-hybridized carbons (Fsp3) is 0.500. The van der Waals surface area contributed by atoms with Crippen LogP contribution in [-0.4, -0.2) is 64.3 Å². The monoisotopic (exact) mass is 735 g/mol. The number of rotatable bonds is 3. The third-order valence-corrected chi connectivity index (χ3v) is 12.7. The number of carbonyl (C=O) groups is 2. The third kappa shape index (κ3) is 8.19. The summed E-state index contributed by atoms with van der Waals surface area (Å²) < 4.78 is 41.3. The van der Waals surface area contributed by atoms with Crippen molar-refractivity contribution in [1.82, 2.24) is 14.3 Å². The molecule has 1 aromatic carbocycles. The average molecular weight is 736 g/mol. The lowest BCUT2D eigenvalue weighted by atomic mass is 9.70. The molecule has 272 valence electrons.